The Kier molecular flexibility index (Phi) is 3.54. The minimum atomic E-state index is -0.861. The van der Waals surface area contributed by atoms with Crippen molar-refractivity contribution in [2.75, 3.05) is 23.4 Å². The Balaban J connectivity index is 2.38. The third kappa shape index (κ3) is 2.91. The minimum Gasteiger partial charge on any atom is -0.388 e. The van der Waals surface area contributed by atoms with E-state index < -0.39 is 10.5 Å². The first-order valence-corrected chi connectivity index (χ1v) is 6.02. The first-order chi connectivity index (χ1) is 8.93. The van der Waals surface area contributed by atoms with Crippen molar-refractivity contribution in [2.24, 2.45) is 5.84 Å². The fraction of sp³-hybridized carbons (Fsp3) is 0.545. The van der Waals surface area contributed by atoms with Crippen molar-refractivity contribution in [3.05, 3.63) is 22.2 Å². The van der Waals surface area contributed by atoms with Crippen LogP contribution in [-0.4, -0.2) is 33.7 Å². The molecular weight excluding hydrogens is 250 g/mol. The lowest BCUT2D eigenvalue weighted by molar-refractivity contribution is -0.384. The number of pyridine rings is 1. The molecule has 2 rings (SSSR count). The second kappa shape index (κ2) is 4.98. The molecule has 8 nitrogen and oxygen atoms in total. The number of hydrogen-bond donors (Lipinski definition) is 3. The van der Waals surface area contributed by atoms with Crippen molar-refractivity contribution in [1.82, 2.24) is 4.98 Å². The molecule has 0 amide bonds. The van der Waals surface area contributed by atoms with Gasteiger partial charge < -0.3 is 15.4 Å². The number of β-amino-alcohol motifs (C(OH)–C–C–N with tert-alkyl or cyclic N) is 1. The second-order valence-electron chi connectivity index (χ2n) is 4.96. The van der Waals surface area contributed by atoms with Crippen LogP contribution in [0.4, 0.5) is 17.3 Å². The smallest absolute Gasteiger partial charge is 0.311 e. The Bertz CT molecular complexity index is 491. The number of nitrogens with zero attached hydrogens (tertiary/aromatic N) is 3. The summed E-state index contributed by atoms with van der Waals surface area (Å²) < 4.78 is 0. The molecule has 1 saturated heterocycles. The zero-order valence-corrected chi connectivity index (χ0v) is 10.7. The molecule has 104 valence electrons. The Hall–Kier alpha value is -1.93. The molecule has 1 aromatic rings. The molecule has 4 N–H and O–H groups in total. The van der Waals surface area contributed by atoms with Crippen LogP contribution in [0.2, 0.25) is 0 Å². The average molecular weight is 267 g/mol. The first-order valence-electron chi connectivity index (χ1n) is 6.02. The fourth-order valence-corrected chi connectivity index (χ4v) is 2.30. The van der Waals surface area contributed by atoms with E-state index in [-0.39, 0.29) is 11.5 Å². The van der Waals surface area contributed by atoms with Gasteiger partial charge in [-0.1, -0.05) is 0 Å². The van der Waals surface area contributed by atoms with E-state index in [1.807, 2.05) is 0 Å². The van der Waals surface area contributed by atoms with Crippen molar-refractivity contribution in [2.45, 2.75) is 25.4 Å². The maximum absolute atomic E-state index is 11.1. The SMILES string of the molecule is CC1(O)CCCN(c2nc(NN)ccc2[N+](=O)[O-])C1. The maximum atomic E-state index is 11.1. The van der Waals surface area contributed by atoms with Gasteiger partial charge in [-0.3, -0.25) is 10.1 Å². The van der Waals surface area contributed by atoms with Crippen LogP contribution < -0.4 is 16.2 Å². The Labute approximate surface area is 110 Å². The zero-order valence-electron chi connectivity index (χ0n) is 10.7. The number of aliphatic hydroxyl groups is 1. The van der Waals surface area contributed by atoms with Gasteiger partial charge in [0.2, 0.25) is 5.82 Å². The highest BCUT2D eigenvalue weighted by molar-refractivity contribution is 5.62. The Morgan fingerprint density at radius 3 is 2.95 bits per heavy atom. The lowest BCUT2D eigenvalue weighted by atomic mass is 9.95. The van der Waals surface area contributed by atoms with E-state index in [9.17, 15) is 15.2 Å². The molecule has 0 aromatic carbocycles. The number of rotatable bonds is 3. The van der Waals surface area contributed by atoms with E-state index in [1.165, 1.54) is 12.1 Å². The van der Waals surface area contributed by atoms with Crippen LogP contribution in [-0.2, 0) is 0 Å². The molecular formula is C11H17N5O3. The number of nitrogen functional groups attached to an aromatic ring is 1. The summed E-state index contributed by atoms with van der Waals surface area (Å²) in [7, 11) is 0. The summed E-state index contributed by atoms with van der Waals surface area (Å²) in [6, 6.07) is 2.81. The van der Waals surface area contributed by atoms with Crippen LogP contribution >= 0.6 is 0 Å². The van der Waals surface area contributed by atoms with Gasteiger partial charge in [-0.05, 0) is 25.8 Å². The van der Waals surface area contributed by atoms with Crippen LogP contribution in [0.5, 0.6) is 0 Å². The number of piperidine rings is 1. The van der Waals surface area contributed by atoms with Crippen LogP contribution in [0.1, 0.15) is 19.8 Å². The van der Waals surface area contributed by atoms with Crippen LogP contribution in [0.3, 0.4) is 0 Å². The highest BCUT2D eigenvalue weighted by atomic mass is 16.6. The number of aromatic nitrogens is 1. The fourth-order valence-electron chi connectivity index (χ4n) is 2.30. The molecule has 1 aromatic heterocycles. The van der Waals surface area contributed by atoms with E-state index >= 15 is 0 Å². The number of nitrogens with two attached hydrogens (primary N) is 1. The Morgan fingerprint density at radius 2 is 2.37 bits per heavy atom. The summed E-state index contributed by atoms with van der Waals surface area (Å²) in [5.41, 5.74) is 1.42. The van der Waals surface area contributed by atoms with Crippen molar-refractivity contribution in [3.63, 3.8) is 0 Å². The number of nitro groups is 1. The molecule has 1 fully saturated rings. The summed E-state index contributed by atoms with van der Waals surface area (Å²) in [4.78, 5) is 16.4. The van der Waals surface area contributed by atoms with Crippen LogP contribution in [0.15, 0.2) is 12.1 Å². The van der Waals surface area contributed by atoms with Gasteiger partial charge >= 0.3 is 5.69 Å². The molecule has 2 heterocycles. The maximum Gasteiger partial charge on any atom is 0.311 e. The molecule has 0 saturated carbocycles. The van der Waals surface area contributed by atoms with E-state index in [0.717, 1.165) is 6.42 Å². The second-order valence-corrected chi connectivity index (χ2v) is 4.96. The van der Waals surface area contributed by atoms with Gasteiger partial charge in [0, 0.05) is 19.2 Å². The van der Waals surface area contributed by atoms with Gasteiger partial charge in [-0.2, -0.15) is 0 Å². The summed E-state index contributed by atoms with van der Waals surface area (Å²) in [5.74, 6) is 5.87. The average Bonchev–Trinajstić information content (AvgIpc) is 2.36. The van der Waals surface area contributed by atoms with Gasteiger partial charge in [0.1, 0.15) is 5.82 Å². The molecule has 1 atom stereocenters. The topological polar surface area (TPSA) is 118 Å². The predicted molar refractivity (Wildman–Crippen MR) is 70.8 cm³/mol. The molecule has 1 aliphatic rings. The lowest BCUT2D eigenvalue weighted by Gasteiger charge is -2.37. The zero-order chi connectivity index (χ0) is 14.0. The number of hydrogen-bond acceptors (Lipinski definition) is 7. The summed E-state index contributed by atoms with van der Waals surface area (Å²) in [5, 5.41) is 21.1. The molecule has 8 heteroatoms. The van der Waals surface area contributed by atoms with Gasteiger partial charge in [0.25, 0.3) is 0 Å². The molecule has 0 radical (unpaired) electrons. The normalized spacial score (nSPS) is 23.2. The largest absolute Gasteiger partial charge is 0.388 e. The van der Waals surface area contributed by atoms with E-state index in [2.05, 4.69) is 10.4 Å². The van der Waals surface area contributed by atoms with Crippen molar-refractivity contribution >= 4 is 17.3 Å². The van der Waals surface area contributed by atoms with E-state index in [4.69, 9.17) is 5.84 Å². The minimum absolute atomic E-state index is 0.0864. The molecule has 1 aliphatic heterocycles. The van der Waals surface area contributed by atoms with Gasteiger partial charge in [0.05, 0.1) is 10.5 Å². The predicted octanol–water partition coefficient (Wildman–Crippen LogP) is 0.627. The van der Waals surface area contributed by atoms with Gasteiger partial charge in [-0.25, -0.2) is 10.8 Å². The van der Waals surface area contributed by atoms with Crippen molar-refractivity contribution < 1.29 is 10.0 Å². The van der Waals surface area contributed by atoms with E-state index in [0.29, 0.717) is 25.3 Å². The molecule has 19 heavy (non-hydrogen) atoms. The number of hydrazine groups is 1. The van der Waals surface area contributed by atoms with Crippen molar-refractivity contribution in [3.8, 4) is 0 Å². The molecule has 0 spiro atoms. The van der Waals surface area contributed by atoms with Crippen molar-refractivity contribution in [1.29, 1.82) is 0 Å². The first kappa shape index (κ1) is 13.5. The van der Waals surface area contributed by atoms with Crippen LogP contribution in [0, 0.1) is 10.1 Å². The number of anilines is 2. The number of nitrogens with one attached hydrogen (secondary N) is 1. The molecule has 0 bridgehead atoms. The third-order valence-electron chi connectivity index (χ3n) is 3.17. The quantitative estimate of drug-likeness (QED) is 0.417. The molecule has 0 aliphatic carbocycles. The van der Waals surface area contributed by atoms with E-state index in [1.54, 1.807) is 11.8 Å². The molecule has 1 unspecified atom stereocenters. The Morgan fingerprint density at radius 1 is 1.63 bits per heavy atom. The summed E-state index contributed by atoms with van der Waals surface area (Å²) in [6.45, 7) is 2.66. The summed E-state index contributed by atoms with van der Waals surface area (Å²) >= 11 is 0. The van der Waals surface area contributed by atoms with Gasteiger partial charge in [0.15, 0.2) is 0 Å². The monoisotopic (exact) mass is 267 g/mol. The standard InChI is InChI=1S/C11H17N5O3/c1-11(17)5-2-6-15(7-11)10-8(16(18)19)3-4-9(13-10)14-12/h3-4,17H,2,5-7,12H2,1H3,(H,13,14). The highest BCUT2D eigenvalue weighted by Crippen LogP contribution is 2.31. The third-order valence-corrected chi connectivity index (χ3v) is 3.17. The van der Waals surface area contributed by atoms with Gasteiger partial charge in [-0.15, -0.1) is 0 Å². The summed E-state index contributed by atoms with van der Waals surface area (Å²) in [6.07, 6.45) is 1.43. The van der Waals surface area contributed by atoms with Crippen LogP contribution in [0.25, 0.3) is 0 Å². The highest BCUT2D eigenvalue weighted by Gasteiger charge is 2.32. The lowest BCUT2D eigenvalue weighted by Crippen LogP contribution is -2.46.